The van der Waals surface area contributed by atoms with Crippen molar-refractivity contribution in [1.82, 2.24) is 24.9 Å². The fourth-order valence-electron chi connectivity index (χ4n) is 5.24. The highest BCUT2D eigenvalue weighted by molar-refractivity contribution is 7.26. The minimum absolute atomic E-state index is 0.301. The number of aromatic nitrogens is 5. The Morgan fingerprint density at radius 3 is 2.84 bits per heavy atom. The van der Waals surface area contributed by atoms with Crippen LogP contribution in [0.1, 0.15) is 49.9 Å². The van der Waals surface area contributed by atoms with E-state index >= 15 is 0 Å². The van der Waals surface area contributed by atoms with Gasteiger partial charge in [-0.25, -0.2) is 19.9 Å². The van der Waals surface area contributed by atoms with E-state index in [1.165, 1.54) is 41.6 Å². The number of aromatic amines is 1. The van der Waals surface area contributed by atoms with Crippen molar-refractivity contribution in [3.8, 4) is 0 Å². The molecule has 4 aromatic heterocycles. The number of hydrogen-bond acceptors (Lipinski definition) is 7. The van der Waals surface area contributed by atoms with Crippen molar-refractivity contribution in [3.05, 3.63) is 35.7 Å². The Bertz CT molecular complexity index is 1270. The molecule has 0 aromatic carbocycles. The third-order valence-corrected chi connectivity index (χ3v) is 8.02. The number of thiophene rings is 1. The second-order valence-corrected chi connectivity index (χ2v) is 10.8. The van der Waals surface area contributed by atoms with E-state index in [0.29, 0.717) is 5.41 Å². The molecule has 0 radical (unpaired) electrons. The van der Waals surface area contributed by atoms with Crippen LogP contribution in [-0.2, 0) is 19.3 Å². The zero-order valence-electron chi connectivity index (χ0n) is 18.7. The largest absolute Gasteiger partial charge is 0.368 e. The lowest BCUT2D eigenvalue weighted by atomic mass is 9.73. The first-order chi connectivity index (χ1) is 15.6. The number of H-pyrrole nitrogens is 1. The average molecular weight is 448 g/mol. The molecule has 2 N–H and O–H groups in total. The van der Waals surface area contributed by atoms with Crippen LogP contribution in [0.5, 0.6) is 0 Å². The molecule has 0 amide bonds. The Hall–Kier alpha value is -2.74. The number of nitrogens with one attached hydrogen (secondary N) is 2. The van der Waals surface area contributed by atoms with Gasteiger partial charge >= 0.3 is 0 Å². The second kappa shape index (κ2) is 7.69. The smallest absolute Gasteiger partial charge is 0.147 e. The SMILES string of the molecule is CC1(C)CCc2c(N3CCCC3)nc3sc4c(NCCc5c[nH]cn5)ncnc4c3c2C1. The van der Waals surface area contributed by atoms with Crippen LogP contribution in [0.4, 0.5) is 11.6 Å². The Kier molecular flexibility index (Phi) is 4.78. The topological polar surface area (TPSA) is 82.6 Å². The summed E-state index contributed by atoms with van der Waals surface area (Å²) in [6.07, 6.45) is 12.1. The van der Waals surface area contributed by atoms with Gasteiger partial charge in [-0.2, -0.15) is 0 Å². The van der Waals surface area contributed by atoms with E-state index in [9.17, 15) is 0 Å². The van der Waals surface area contributed by atoms with Crippen molar-refractivity contribution in [1.29, 1.82) is 0 Å². The molecule has 1 fully saturated rings. The lowest BCUT2D eigenvalue weighted by Gasteiger charge is -2.34. The van der Waals surface area contributed by atoms with Crippen molar-refractivity contribution in [2.45, 2.75) is 52.4 Å². The molecule has 0 saturated carbocycles. The van der Waals surface area contributed by atoms with E-state index in [0.717, 1.165) is 65.5 Å². The van der Waals surface area contributed by atoms with Crippen molar-refractivity contribution >= 4 is 43.4 Å². The molecule has 0 bridgehead atoms. The molecule has 1 aliphatic carbocycles. The monoisotopic (exact) mass is 447 g/mol. The predicted molar refractivity (Wildman–Crippen MR) is 131 cm³/mol. The number of nitrogens with zero attached hydrogens (tertiary/aromatic N) is 5. The Morgan fingerprint density at radius 1 is 1.16 bits per heavy atom. The molecule has 4 aromatic rings. The van der Waals surface area contributed by atoms with Crippen LogP contribution in [0.15, 0.2) is 18.9 Å². The van der Waals surface area contributed by atoms with Gasteiger partial charge in [-0.05, 0) is 48.6 Å². The highest BCUT2D eigenvalue weighted by atomic mass is 32.1. The fourth-order valence-corrected chi connectivity index (χ4v) is 6.36. The molecule has 2 aliphatic rings. The molecule has 1 saturated heterocycles. The maximum Gasteiger partial charge on any atom is 0.147 e. The normalized spacial score (nSPS) is 17.9. The lowest BCUT2D eigenvalue weighted by molar-refractivity contribution is 0.316. The van der Waals surface area contributed by atoms with Gasteiger partial charge in [0.25, 0.3) is 0 Å². The summed E-state index contributed by atoms with van der Waals surface area (Å²) in [5, 5.41) is 4.78. The molecular weight excluding hydrogens is 418 g/mol. The van der Waals surface area contributed by atoms with Crippen molar-refractivity contribution in [2.75, 3.05) is 29.9 Å². The predicted octanol–water partition coefficient (Wildman–Crippen LogP) is 4.73. The van der Waals surface area contributed by atoms with Gasteiger partial charge in [0.2, 0.25) is 0 Å². The van der Waals surface area contributed by atoms with Crippen LogP contribution in [-0.4, -0.2) is 44.6 Å². The van der Waals surface area contributed by atoms with E-state index in [1.54, 1.807) is 24.0 Å². The molecule has 0 unspecified atom stereocenters. The maximum atomic E-state index is 5.25. The second-order valence-electron chi connectivity index (χ2n) is 9.85. The minimum atomic E-state index is 0.301. The van der Waals surface area contributed by atoms with Crippen LogP contribution in [0.3, 0.4) is 0 Å². The van der Waals surface area contributed by atoms with Gasteiger partial charge in [-0.1, -0.05) is 13.8 Å². The van der Waals surface area contributed by atoms with Crippen LogP contribution >= 0.6 is 11.3 Å². The third-order valence-electron chi connectivity index (χ3n) is 6.94. The number of pyridine rings is 1. The van der Waals surface area contributed by atoms with E-state index in [4.69, 9.17) is 9.97 Å². The standard InChI is InChI=1S/C24H29N7S/c1-24(2)7-5-16-17(11-24)18-19-20(32-23(18)30-22(16)31-9-3-4-10-31)21(29-14-28-19)26-8-6-15-12-25-13-27-15/h12-14H,3-11H2,1-2H3,(H,25,27)(H,26,28,29). The molecule has 5 heterocycles. The molecule has 166 valence electrons. The molecule has 7 nitrogen and oxygen atoms in total. The highest BCUT2D eigenvalue weighted by Gasteiger charge is 2.32. The van der Waals surface area contributed by atoms with Crippen molar-refractivity contribution in [2.24, 2.45) is 5.41 Å². The highest BCUT2D eigenvalue weighted by Crippen LogP contribution is 2.46. The van der Waals surface area contributed by atoms with Gasteiger partial charge in [-0.3, -0.25) is 0 Å². The number of hydrogen-bond donors (Lipinski definition) is 2. The van der Waals surface area contributed by atoms with Crippen LogP contribution in [0.25, 0.3) is 20.4 Å². The average Bonchev–Trinajstić information content (AvgIpc) is 3.53. The summed E-state index contributed by atoms with van der Waals surface area (Å²) in [5.74, 6) is 2.13. The first-order valence-electron chi connectivity index (χ1n) is 11.6. The summed E-state index contributed by atoms with van der Waals surface area (Å²) in [4.78, 5) is 25.5. The molecular formula is C24H29N7S. The first-order valence-corrected chi connectivity index (χ1v) is 12.5. The van der Waals surface area contributed by atoms with Crippen molar-refractivity contribution in [3.63, 3.8) is 0 Å². The summed E-state index contributed by atoms with van der Waals surface area (Å²) < 4.78 is 1.11. The fraction of sp³-hybridized carbons (Fsp3) is 0.500. The van der Waals surface area contributed by atoms with Gasteiger partial charge in [0.1, 0.15) is 22.8 Å². The number of anilines is 2. The minimum Gasteiger partial charge on any atom is -0.368 e. The van der Waals surface area contributed by atoms with Crippen LogP contribution < -0.4 is 10.2 Å². The zero-order valence-corrected chi connectivity index (χ0v) is 19.6. The van der Waals surface area contributed by atoms with Crippen LogP contribution in [0, 0.1) is 5.41 Å². The Labute approximate surface area is 191 Å². The maximum absolute atomic E-state index is 5.25. The quantitative estimate of drug-likeness (QED) is 0.460. The summed E-state index contributed by atoms with van der Waals surface area (Å²) in [6.45, 7) is 7.81. The Balaban J connectivity index is 1.46. The van der Waals surface area contributed by atoms with E-state index in [-0.39, 0.29) is 0 Å². The number of imidazole rings is 1. The zero-order chi connectivity index (χ0) is 21.7. The summed E-state index contributed by atoms with van der Waals surface area (Å²) in [7, 11) is 0. The molecule has 6 rings (SSSR count). The van der Waals surface area contributed by atoms with Gasteiger partial charge in [0, 0.05) is 37.6 Å². The molecule has 32 heavy (non-hydrogen) atoms. The van der Waals surface area contributed by atoms with Gasteiger partial charge in [0.05, 0.1) is 22.2 Å². The van der Waals surface area contributed by atoms with E-state index in [2.05, 4.69) is 39.0 Å². The lowest BCUT2D eigenvalue weighted by Crippen LogP contribution is -2.27. The van der Waals surface area contributed by atoms with Crippen LogP contribution in [0.2, 0.25) is 0 Å². The molecule has 1 aliphatic heterocycles. The Morgan fingerprint density at radius 2 is 2.03 bits per heavy atom. The van der Waals surface area contributed by atoms with E-state index < -0.39 is 0 Å². The van der Waals surface area contributed by atoms with Gasteiger partial charge in [-0.15, -0.1) is 11.3 Å². The third kappa shape index (κ3) is 3.41. The van der Waals surface area contributed by atoms with Gasteiger partial charge in [0.15, 0.2) is 0 Å². The molecule has 8 heteroatoms. The first kappa shape index (κ1) is 19.9. The van der Waals surface area contributed by atoms with Gasteiger partial charge < -0.3 is 15.2 Å². The number of fused-ring (bicyclic) bond motifs is 5. The van der Waals surface area contributed by atoms with Crippen molar-refractivity contribution < 1.29 is 0 Å². The summed E-state index contributed by atoms with van der Waals surface area (Å²) in [6, 6.07) is 0. The molecule has 0 atom stereocenters. The molecule has 0 spiro atoms. The number of rotatable bonds is 5. The summed E-state index contributed by atoms with van der Waals surface area (Å²) >= 11 is 1.74. The summed E-state index contributed by atoms with van der Waals surface area (Å²) in [5.41, 5.74) is 5.34. The van der Waals surface area contributed by atoms with E-state index in [1.807, 2.05) is 6.20 Å².